The van der Waals surface area contributed by atoms with Crippen molar-refractivity contribution in [2.24, 2.45) is 0 Å². The van der Waals surface area contributed by atoms with Gasteiger partial charge in [-0.1, -0.05) is 30.6 Å². The highest BCUT2D eigenvalue weighted by molar-refractivity contribution is 5.94. The first-order chi connectivity index (χ1) is 12.5. The molecule has 1 unspecified atom stereocenters. The van der Waals surface area contributed by atoms with Gasteiger partial charge in [0.1, 0.15) is 11.6 Å². The monoisotopic (exact) mass is 362 g/mol. The zero-order valence-electron chi connectivity index (χ0n) is 15.0. The van der Waals surface area contributed by atoms with E-state index in [9.17, 15) is 14.0 Å². The van der Waals surface area contributed by atoms with E-state index in [0.29, 0.717) is 18.6 Å². The van der Waals surface area contributed by atoms with E-state index in [4.69, 9.17) is 9.26 Å². The number of unbranched alkanes of at least 4 members (excludes halogenated alkanes) is 1. The maximum atomic E-state index is 12.9. The summed E-state index contributed by atoms with van der Waals surface area (Å²) < 4.78 is 23.2. The summed E-state index contributed by atoms with van der Waals surface area (Å²) in [6, 6.07) is 7.52. The minimum Gasteiger partial charge on any atom is -0.452 e. The number of nitrogens with zero attached hydrogens (tertiary/aromatic N) is 1. The van der Waals surface area contributed by atoms with Crippen molar-refractivity contribution in [2.45, 2.75) is 52.1 Å². The molecule has 0 saturated carbocycles. The number of amides is 1. The molecule has 0 aliphatic rings. The van der Waals surface area contributed by atoms with Crippen molar-refractivity contribution in [1.29, 1.82) is 0 Å². The summed E-state index contributed by atoms with van der Waals surface area (Å²) in [5.74, 6) is -0.363. The first kappa shape index (κ1) is 19.6. The van der Waals surface area contributed by atoms with Crippen LogP contribution in [0, 0.1) is 12.7 Å². The van der Waals surface area contributed by atoms with E-state index in [2.05, 4.69) is 10.5 Å². The average molecular weight is 362 g/mol. The Morgan fingerprint density at radius 3 is 2.65 bits per heavy atom. The van der Waals surface area contributed by atoms with E-state index in [1.807, 2.05) is 6.92 Å². The maximum Gasteiger partial charge on any atom is 0.306 e. The summed E-state index contributed by atoms with van der Waals surface area (Å²) >= 11 is 0. The van der Waals surface area contributed by atoms with Gasteiger partial charge < -0.3 is 14.6 Å². The zero-order valence-corrected chi connectivity index (χ0v) is 15.0. The maximum absolute atomic E-state index is 12.9. The average Bonchev–Trinajstić information content (AvgIpc) is 3.02. The van der Waals surface area contributed by atoms with Crippen LogP contribution in [0.3, 0.4) is 0 Å². The van der Waals surface area contributed by atoms with Crippen LogP contribution in [-0.4, -0.2) is 23.1 Å². The second-order valence-electron chi connectivity index (χ2n) is 6.06. The van der Waals surface area contributed by atoms with Crippen LogP contribution < -0.4 is 5.32 Å². The molecule has 1 aromatic heterocycles. The quantitative estimate of drug-likeness (QED) is 0.686. The number of anilines is 1. The Bertz CT molecular complexity index is 727. The number of nitrogens with one attached hydrogen (secondary N) is 1. The van der Waals surface area contributed by atoms with Gasteiger partial charge in [0.25, 0.3) is 5.91 Å². The normalized spacial score (nSPS) is 11.8. The number of aromatic nitrogens is 1. The van der Waals surface area contributed by atoms with Crippen LogP contribution in [0.15, 0.2) is 34.9 Å². The molecule has 0 bridgehead atoms. The Morgan fingerprint density at radius 2 is 2.04 bits per heavy atom. The second kappa shape index (κ2) is 9.70. The molecule has 26 heavy (non-hydrogen) atoms. The van der Waals surface area contributed by atoms with Crippen molar-refractivity contribution in [3.05, 3.63) is 47.5 Å². The molecule has 0 aliphatic heterocycles. The predicted molar refractivity (Wildman–Crippen MR) is 94.0 cm³/mol. The fourth-order valence-electron chi connectivity index (χ4n) is 2.38. The highest BCUT2D eigenvalue weighted by Crippen LogP contribution is 2.13. The molecule has 0 saturated heterocycles. The predicted octanol–water partition coefficient (Wildman–Crippen LogP) is 3.80. The van der Waals surface area contributed by atoms with Crippen LogP contribution in [0.5, 0.6) is 0 Å². The lowest BCUT2D eigenvalue weighted by Crippen LogP contribution is -2.32. The SMILES string of the molecule is CCCCC(OC(=O)CCc1ccc(F)cc1)C(=O)Nc1cc(C)on1. The number of halogens is 1. The van der Waals surface area contributed by atoms with Crippen LogP contribution in [0.1, 0.15) is 43.9 Å². The van der Waals surface area contributed by atoms with Gasteiger partial charge in [-0.15, -0.1) is 0 Å². The minimum absolute atomic E-state index is 0.116. The fourth-order valence-corrected chi connectivity index (χ4v) is 2.38. The van der Waals surface area contributed by atoms with Crippen molar-refractivity contribution in [3.63, 3.8) is 0 Å². The van der Waals surface area contributed by atoms with E-state index in [-0.39, 0.29) is 18.1 Å². The Labute approximate surface area is 151 Å². The van der Waals surface area contributed by atoms with Gasteiger partial charge in [0, 0.05) is 12.5 Å². The number of hydrogen-bond donors (Lipinski definition) is 1. The van der Waals surface area contributed by atoms with E-state index in [1.165, 1.54) is 12.1 Å². The van der Waals surface area contributed by atoms with Gasteiger partial charge in [0.05, 0.1) is 0 Å². The smallest absolute Gasteiger partial charge is 0.306 e. The molecular weight excluding hydrogens is 339 g/mol. The van der Waals surface area contributed by atoms with Gasteiger partial charge in [0.15, 0.2) is 11.9 Å². The third-order valence-corrected chi connectivity index (χ3v) is 3.80. The van der Waals surface area contributed by atoms with Crippen LogP contribution in [0.25, 0.3) is 0 Å². The molecule has 1 amide bonds. The van der Waals surface area contributed by atoms with Crippen LogP contribution in [0.2, 0.25) is 0 Å². The first-order valence-corrected chi connectivity index (χ1v) is 8.66. The van der Waals surface area contributed by atoms with Gasteiger partial charge in [-0.25, -0.2) is 4.39 Å². The molecule has 2 rings (SSSR count). The third kappa shape index (κ3) is 6.31. The standard InChI is InChI=1S/C19H23FN2O4/c1-3-4-5-16(19(24)21-17-12-13(2)26-22-17)25-18(23)11-8-14-6-9-15(20)10-7-14/h6-7,9-10,12,16H,3-5,8,11H2,1-2H3,(H,21,22,24). The summed E-state index contributed by atoms with van der Waals surface area (Å²) in [6.07, 6.45) is 1.71. The molecule has 0 radical (unpaired) electrons. The van der Waals surface area contributed by atoms with Gasteiger partial charge in [0.2, 0.25) is 0 Å². The Hall–Kier alpha value is -2.70. The largest absolute Gasteiger partial charge is 0.452 e. The highest BCUT2D eigenvalue weighted by Gasteiger charge is 2.23. The van der Waals surface area contributed by atoms with Crippen molar-refractivity contribution in [3.8, 4) is 0 Å². The number of benzene rings is 1. The summed E-state index contributed by atoms with van der Waals surface area (Å²) in [5.41, 5.74) is 0.830. The van der Waals surface area contributed by atoms with E-state index >= 15 is 0 Å². The van der Waals surface area contributed by atoms with Crippen molar-refractivity contribution < 1.29 is 23.2 Å². The Morgan fingerprint density at radius 1 is 1.31 bits per heavy atom. The molecule has 140 valence electrons. The number of esters is 1. The van der Waals surface area contributed by atoms with Gasteiger partial charge in [-0.05, 0) is 43.9 Å². The third-order valence-electron chi connectivity index (χ3n) is 3.80. The number of carbonyl (C=O) groups excluding carboxylic acids is 2. The molecule has 2 aromatic rings. The van der Waals surface area contributed by atoms with Gasteiger partial charge in [-0.3, -0.25) is 9.59 Å². The summed E-state index contributed by atoms with van der Waals surface area (Å²) in [6.45, 7) is 3.71. The first-order valence-electron chi connectivity index (χ1n) is 8.66. The summed E-state index contributed by atoms with van der Waals surface area (Å²) in [7, 11) is 0. The summed E-state index contributed by atoms with van der Waals surface area (Å²) in [4.78, 5) is 24.5. The lowest BCUT2D eigenvalue weighted by atomic mass is 10.1. The molecule has 0 spiro atoms. The second-order valence-corrected chi connectivity index (χ2v) is 6.06. The number of aryl methyl sites for hydroxylation is 2. The molecule has 6 nitrogen and oxygen atoms in total. The molecule has 1 aromatic carbocycles. The molecule has 0 fully saturated rings. The molecule has 1 heterocycles. The lowest BCUT2D eigenvalue weighted by Gasteiger charge is -2.16. The number of ether oxygens (including phenoxy) is 1. The fraction of sp³-hybridized carbons (Fsp3) is 0.421. The van der Waals surface area contributed by atoms with E-state index < -0.39 is 18.0 Å². The highest BCUT2D eigenvalue weighted by atomic mass is 19.1. The van der Waals surface area contributed by atoms with Crippen molar-refractivity contribution in [2.75, 3.05) is 5.32 Å². The Kier molecular flexibility index (Phi) is 7.32. The van der Waals surface area contributed by atoms with E-state index in [1.54, 1.807) is 25.1 Å². The zero-order chi connectivity index (χ0) is 18.9. The van der Waals surface area contributed by atoms with Gasteiger partial charge >= 0.3 is 5.97 Å². The molecule has 0 aliphatic carbocycles. The molecular formula is C19H23FN2O4. The number of hydrogen-bond acceptors (Lipinski definition) is 5. The Balaban J connectivity index is 1.89. The minimum atomic E-state index is -0.882. The molecule has 1 N–H and O–H groups in total. The van der Waals surface area contributed by atoms with E-state index in [0.717, 1.165) is 18.4 Å². The molecule has 1 atom stereocenters. The van der Waals surface area contributed by atoms with Crippen LogP contribution >= 0.6 is 0 Å². The lowest BCUT2D eigenvalue weighted by molar-refractivity contribution is -0.154. The number of carbonyl (C=O) groups is 2. The topological polar surface area (TPSA) is 81.4 Å². The van der Waals surface area contributed by atoms with Crippen molar-refractivity contribution in [1.82, 2.24) is 5.16 Å². The van der Waals surface area contributed by atoms with Crippen LogP contribution in [-0.2, 0) is 20.7 Å². The molecule has 7 heteroatoms. The van der Waals surface area contributed by atoms with Crippen molar-refractivity contribution >= 4 is 17.7 Å². The van der Waals surface area contributed by atoms with Gasteiger partial charge in [-0.2, -0.15) is 0 Å². The van der Waals surface area contributed by atoms with Crippen LogP contribution in [0.4, 0.5) is 10.2 Å². The number of rotatable bonds is 9. The summed E-state index contributed by atoms with van der Waals surface area (Å²) in [5, 5.41) is 6.30.